The fourth-order valence-electron chi connectivity index (χ4n) is 1.09. The molecule has 1 unspecified atom stereocenters. The highest BCUT2D eigenvalue weighted by Crippen LogP contribution is 2.19. The highest BCUT2D eigenvalue weighted by Gasteiger charge is 2.27. The second-order valence-corrected chi connectivity index (χ2v) is 4.57. The van der Waals surface area contributed by atoms with E-state index in [2.05, 4.69) is 12.6 Å². The molecule has 2 amide bonds. The Kier molecular flexibility index (Phi) is 4.12. The van der Waals surface area contributed by atoms with Gasteiger partial charge in [0.05, 0.1) is 0 Å². The first-order valence-electron chi connectivity index (χ1n) is 4.23. The summed E-state index contributed by atoms with van der Waals surface area (Å²) in [5, 5.41) is -0.107. The molecule has 0 aromatic rings. The fraction of sp³-hybridized carbons (Fsp3) is 0.750. The number of imide groups is 1. The molecule has 1 fully saturated rings. The average molecular weight is 219 g/mol. The molecule has 0 radical (unpaired) electrons. The van der Waals surface area contributed by atoms with E-state index in [1.54, 1.807) is 0 Å². The summed E-state index contributed by atoms with van der Waals surface area (Å²) in [6.45, 7) is 2.49. The van der Waals surface area contributed by atoms with Crippen LogP contribution in [-0.4, -0.2) is 34.1 Å². The summed E-state index contributed by atoms with van der Waals surface area (Å²) in [6.07, 6.45) is 0.482. The van der Waals surface area contributed by atoms with Crippen LogP contribution in [0.15, 0.2) is 0 Å². The van der Waals surface area contributed by atoms with Crippen LogP contribution >= 0.6 is 24.4 Å². The van der Waals surface area contributed by atoms with Crippen LogP contribution in [0.5, 0.6) is 0 Å². The number of hydrogen-bond acceptors (Lipinski definition) is 4. The van der Waals surface area contributed by atoms with Gasteiger partial charge in [-0.25, -0.2) is 0 Å². The summed E-state index contributed by atoms with van der Waals surface area (Å²) in [7, 11) is 0. The predicted octanol–water partition coefficient (Wildman–Crippen LogP) is 1.64. The Balaban J connectivity index is 2.54. The summed E-state index contributed by atoms with van der Waals surface area (Å²) in [4.78, 5) is 24.0. The fourth-order valence-corrected chi connectivity index (χ4v) is 1.99. The quantitative estimate of drug-likeness (QED) is 0.733. The van der Waals surface area contributed by atoms with E-state index in [9.17, 15) is 9.59 Å². The van der Waals surface area contributed by atoms with Crippen LogP contribution in [-0.2, 0) is 4.79 Å². The molecule has 3 nitrogen and oxygen atoms in total. The smallest absolute Gasteiger partial charge is 0.274 e. The van der Waals surface area contributed by atoms with E-state index in [4.69, 9.17) is 0 Å². The van der Waals surface area contributed by atoms with Crippen molar-refractivity contribution in [2.75, 3.05) is 18.1 Å². The van der Waals surface area contributed by atoms with E-state index >= 15 is 0 Å². The molecule has 0 aromatic heterocycles. The van der Waals surface area contributed by atoms with Crippen LogP contribution in [0.2, 0.25) is 0 Å². The van der Waals surface area contributed by atoms with Crippen LogP contribution in [0, 0.1) is 5.92 Å². The van der Waals surface area contributed by atoms with Crippen molar-refractivity contribution in [2.45, 2.75) is 13.3 Å². The van der Waals surface area contributed by atoms with Gasteiger partial charge in [-0.1, -0.05) is 18.7 Å². The molecule has 1 saturated heterocycles. The summed E-state index contributed by atoms with van der Waals surface area (Å²) >= 11 is 5.34. The van der Waals surface area contributed by atoms with Crippen LogP contribution in [0.1, 0.15) is 13.3 Å². The minimum absolute atomic E-state index is 0.0441. The summed E-state index contributed by atoms with van der Waals surface area (Å²) < 4.78 is 0. The Morgan fingerprint density at radius 3 is 2.85 bits per heavy atom. The lowest BCUT2D eigenvalue weighted by Gasteiger charge is -2.26. The molecule has 1 rings (SSSR count). The van der Waals surface area contributed by atoms with E-state index in [1.165, 1.54) is 16.7 Å². The van der Waals surface area contributed by atoms with Gasteiger partial charge in [-0.3, -0.25) is 14.5 Å². The standard InChI is InChI=1S/C8H13NO2S2/c1-6(5-12)4-9-7(10)2-3-13-8(9)11/h6,12H,2-5H2,1H3. The first kappa shape index (κ1) is 10.9. The number of thioether (sulfide) groups is 1. The van der Waals surface area contributed by atoms with Crippen molar-refractivity contribution in [1.82, 2.24) is 4.90 Å². The van der Waals surface area contributed by atoms with Gasteiger partial charge in [0.2, 0.25) is 5.91 Å². The Bertz CT molecular complexity index is 204. The Morgan fingerprint density at radius 2 is 2.31 bits per heavy atom. The normalized spacial score (nSPS) is 20.6. The first-order chi connectivity index (χ1) is 6.15. The van der Waals surface area contributed by atoms with Gasteiger partial charge in [0.1, 0.15) is 0 Å². The average Bonchev–Trinajstić information content (AvgIpc) is 2.11. The molecule has 0 aliphatic carbocycles. The van der Waals surface area contributed by atoms with E-state index in [0.29, 0.717) is 24.5 Å². The van der Waals surface area contributed by atoms with Gasteiger partial charge in [-0.2, -0.15) is 12.6 Å². The number of hydrogen-bond donors (Lipinski definition) is 1. The van der Waals surface area contributed by atoms with E-state index < -0.39 is 0 Å². The lowest BCUT2D eigenvalue weighted by Crippen LogP contribution is -2.41. The van der Waals surface area contributed by atoms with Crippen molar-refractivity contribution >= 4 is 35.5 Å². The summed E-state index contributed by atoms with van der Waals surface area (Å²) in [5.41, 5.74) is 0. The van der Waals surface area contributed by atoms with Gasteiger partial charge in [0.15, 0.2) is 0 Å². The SMILES string of the molecule is CC(CS)CN1C(=O)CCSC1=O. The molecule has 0 bridgehead atoms. The maximum atomic E-state index is 11.3. The van der Waals surface area contributed by atoms with Crippen LogP contribution in [0.25, 0.3) is 0 Å². The molecular formula is C8H13NO2S2. The predicted molar refractivity (Wildman–Crippen MR) is 57.2 cm³/mol. The van der Waals surface area contributed by atoms with Crippen molar-refractivity contribution in [3.8, 4) is 0 Å². The van der Waals surface area contributed by atoms with Gasteiger partial charge in [0, 0.05) is 18.7 Å². The van der Waals surface area contributed by atoms with Gasteiger partial charge in [-0.05, 0) is 11.7 Å². The molecule has 1 heterocycles. The van der Waals surface area contributed by atoms with Crippen molar-refractivity contribution < 1.29 is 9.59 Å². The molecule has 0 saturated carbocycles. The van der Waals surface area contributed by atoms with Crippen molar-refractivity contribution in [3.63, 3.8) is 0 Å². The van der Waals surface area contributed by atoms with Gasteiger partial charge < -0.3 is 0 Å². The topological polar surface area (TPSA) is 37.4 Å². The summed E-state index contributed by atoms with van der Waals surface area (Å²) in [5.74, 6) is 1.55. The molecule has 74 valence electrons. The monoisotopic (exact) mass is 219 g/mol. The van der Waals surface area contributed by atoms with Crippen molar-refractivity contribution in [3.05, 3.63) is 0 Å². The number of carbonyl (C=O) groups is 2. The second kappa shape index (κ2) is 4.91. The zero-order chi connectivity index (χ0) is 9.84. The van der Waals surface area contributed by atoms with Crippen molar-refractivity contribution in [2.24, 2.45) is 5.92 Å². The van der Waals surface area contributed by atoms with Crippen LogP contribution in [0.3, 0.4) is 0 Å². The molecule has 1 aliphatic heterocycles. The van der Waals surface area contributed by atoms with Gasteiger partial charge >= 0.3 is 0 Å². The summed E-state index contributed by atoms with van der Waals surface area (Å²) in [6, 6.07) is 0. The number of carbonyl (C=O) groups excluding carboxylic acids is 2. The third-order valence-corrected chi connectivity index (χ3v) is 3.37. The molecule has 1 aliphatic rings. The van der Waals surface area contributed by atoms with Gasteiger partial charge in [0.25, 0.3) is 5.24 Å². The Hall–Kier alpha value is -0.160. The number of amides is 2. The highest BCUT2D eigenvalue weighted by molar-refractivity contribution is 8.13. The van der Waals surface area contributed by atoms with Crippen LogP contribution in [0.4, 0.5) is 4.79 Å². The molecule has 0 spiro atoms. The van der Waals surface area contributed by atoms with E-state index in [-0.39, 0.29) is 17.1 Å². The molecule has 0 aromatic carbocycles. The molecule has 0 N–H and O–H groups in total. The van der Waals surface area contributed by atoms with Crippen molar-refractivity contribution in [1.29, 1.82) is 0 Å². The van der Waals surface area contributed by atoms with E-state index in [0.717, 1.165) is 0 Å². The Morgan fingerprint density at radius 1 is 1.62 bits per heavy atom. The molecule has 5 heteroatoms. The number of rotatable bonds is 3. The third kappa shape index (κ3) is 2.91. The zero-order valence-electron chi connectivity index (χ0n) is 7.52. The zero-order valence-corrected chi connectivity index (χ0v) is 9.24. The molecular weight excluding hydrogens is 206 g/mol. The Labute approximate surface area is 87.6 Å². The lowest BCUT2D eigenvalue weighted by atomic mass is 10.2. The lowest BCUT2D eigenvalue weighted by molar-refractivity contribution is -0.128. The largest absolute Gasteiger partial charge is 0.288 e. The maximum absolute atomic E-state index is 11.3. The molecule has 13 heavy (non-hydrogen) atoms. The van der Waals surface area contributed by atoms with Gasteiger partial charge in [-0.15, -0.1) is 0 Å². The second-order valence-electron chi connectivity index (χ2n) is 3.16. The number of nitrogens with zero attached hydrogens (tertiary/aromatic N) is 1. The first-order valence-corrected chi connectivity index (χ1v) is 5.85. The molecule has 1 atom stereocenters. The third-order valence-electron chi connectivity index (χ3n) is 1.87. The maximum Gasteiger partial charge on any atom is 0.288 e. The van der Waals surface area contributed by atoms with E-state index in [1.807, 2.05) is 6.92 Å². The minimum atomic E-state index is -0.107. The number of thiol groups is 1. The highest BCUT2D eigenvalue weighted by atomic mass is 32.2. The van der Waals surface area contributed by atoms with Crippen LogP contribution < -0.4 is 0 Å². The minimum Gasteiger partial charge on any atom is -0.274 e.